The van der Waals surface area contributed by atoms with Crippen molar-refractivity contribution in [3.63, 3.8) is 0 Å². The molecule has 2 aliphatic rings. The topological polar surface area (TPSA) is 23.8 Å². The van der Waals surface area contributed by atoms with E-state index in [0.717, 1.165) is 12.8 Å². The molecule has 2 rings (SSSR count). The van der Waals surface area contributed by atoms with Crippen LogP contribution in [0.2, 0.25) is 0 Å². The van der Waals surface area contributed by atoms with Crippen molar-refractivity contribution in [2.75, 3.05) is 0 Å². The van der Waals surface area contributed by atoms with Gasteiger partial charge in [-0.05, 0) is 49.4 Å². The average Bonchev–Trinajstić information content (AvgIpc) is 2.45. The molecule has 0 amide bonds. The van der Waals surface area contributed by atoms with Crippen LogP contribution in [0.4, 0.5) is 0 Å². The van der Waals surface area contributed by atoms with E-state index in [1.165, 1.54) is 19.3 Å². The van der Waals surface area contributed by atoms with Crippen LogP contribution in [0, 0.1) is 33.5 Å². The van der Waals surface area contributed by atoms with E-state index in [-0.39, 0.29) is 5.41 Å². The van der Waals surface area contributed by atoms with E-state index in [4.69, 9.17) is 0 Å². The van der Waals surface area contributed by atoms with Gasteiger partial charge in [-0.1, -0.05) is 39.3 Å². The summed E-state index contributed by atoms with van der Waals surface area (Å²) in [6.07, 6.45) is 10.6. The summed E-state index contributed by atoms with van der Waals surface area (Å²) in [4.78, 5) is 0. The van der Waals surface area contributed by atoms with Gasteiger partial charge in [-0.15, -0.1) is 0 Å². The number of hydrogen-bond donors (Lipinski definition) is 0. The third-order valence-corrected chi connectivity index (χ3v) is 5.29. The molecule has 0 radical (unpaired) electrons. The minimum absolute atomic E-state index is 0.0833. The van der Waals surface area contributed by atoms with Gasteiger partial charge in [0.1, 0.15) is 0 Å². The number of hydrogen-bond acceptors (Lipinski definition) is 1. The van der Waals surface area contributed by atoms with Gasteiger partial charge in [-0.3, -0.25) is 0 Å². The Morgan fingerprint density at radius 1 is 1.06 bits per heavy atom. The fraction of sp³-hybridized carbons (Fsp3) is 0.812. The molecule has 0 aromatic carbocycles. The molecule has 0 bridgehead atoms. The Labute approximate surface area is 106 Å². The monoisotopic (exact) mass is 231 g/mol. The Hall–Kier alpha value is -0.770. The molecule has 94 valence electrons. The van der Waals surface area contributed by atoms with Gasteiger partial charge in [0.15, 0.2) is 0 Å². The second-order valence-electron chi connectivity index (χ2n) is 7.28. The molecule has 1 saturated carbocycles. The molecular formula is C16H25N. The number of rotatable bonds is 0. The van der Waals surface area contributed by atoms with Crippen molar-refractivity contribution in [3.8, 4) is 6.07 Å². The highest BCUT2D eigenvalue weighted by Crippen LogP contribution is 2.55. The summed E-state index contributed by atoms with van der Waals surface area (Å²) in [5.41, 5.74) is 0.600. The summed E-state index contributed by atoms with van der Waals surface area (Å²) in [7, 11) is 0. The van der Waals surface area contributed by atoms with Gasteiger partial charge in [-0.2, -0.15) is 5.26 Å². The van der Waals surface area contributed by atoms with Crippen molar-refractivity contribution in [1.82, 2.24) is 0 Å². The highest BCUT2D eigenvalue weighted by molar-refractivity contribution is 5.18. The van der Waals surface area contributed by atoms with E-state index in [2.05, 4.69) is 45.9 Å². The fourth-order valence-corrected chi connectivity index (χ4v) is 4.01. The van der Waals surface area contributed by atoms with Gasteiger partial charge in [0.2, 0.25) is 0 Å². The summed E-state index contributed by atoms with van der Waals surface area (Å²) in [6, 6.07) is 2.55. The zero-order chi connectivity index (χ0) is 12.7. The summed E-state index contributed by atoms with van der Waals surface area (Å²) < 4.78 is 0. The van der Waals surface area contributed by atoms with Crippen LogP contribution in [-0.4, -0.2) is 0 Å². The highest BCUT2D eigenvalue weighted by atomic mass is 14.5. The van der Waals surface area contributed by atoms with Crippen LogP contribution < -0.4 is 0 Å². The molecule has 0 aromatic heterocycles. The summed E-state index contributed by atoms with van der Waals surface area (Å²) >= 11 is 0. The molecule has 1 nitrogen and oxygen atoms in total. The molecule has 2 aliphatic carbocycles. The molecule has 0 heterocycles. The Morgan fingerprint density at radius 3 is 2.41 bits per heavy atom. The SMILES string of the molecule is CC1(C)C=C[C@]2(C)CCC[C@](C)(C#N)CCC12. The predicted octanol–water partition coefficient (Wildman–Crippen LogP) is 4.70. The number of nitriles is 1. The third kappa shape index (κ3) is 2.15. The van der Waals surface area contributed by atoms with E-state index in [1.807, 2.05) is 0 Å². The smallest absolute Gasteiger partial charge is 0.0686 e. The molecule has 3 atom stereocenters. The van der Waals surface area contributed by atoms with Gasteiger partial charge < -0.3 is 0 Å². The first-order valence-electron chi connectivity index (χ1n) is 6.93. The van der Waals surface area contributed by atoms with Crippen LogP contribution >= 0.6 is 0 Å². The average molecular weight is 231 g/mol. The van der Waals surface area contributed by atoms with E-state index >= 15 is 0 Å². The third-order valence-electron chi connectivity index (χ3n) is 5.29. The van der Waals surface area contributed by atoms with Crippen LogP contribution in [0.15, 0.2) is 12.2 Å². The molecule has 1 unspecified atom stereocenters. The molecule has 0 spiro atoms. The van der Waals surface area contributed by atoms with Crippen molar-refractivity contribution >= 4 is 0 Å². The predicted molar refractivity (Wildman–Crippen MR) is 71.3 cm³/mol. The van der Waals surface area contributed by atoms with Crippen LogP contribution in [0.3, 0.4) is 0 Å². The lowest BCUT2D eigenvalue weighted by Gasteiger charge is -2.42. The Balaban J connectivity index is 2.22. The van der Waals surface area contributed by atoms with Crippen molar-refractivity contribution in [2.24, 2.45) is 22.2 Å². The Kier molecular flexibility index (Phi) is 2.89. The molecule has 0 N–H and O–H groups in total. The first kappa shape index (κ1) is 12.7. The zero-order valence-corrected chi connectivity index (χ0v) is 11.7. The highest BCUT2D eigenvalue weighted by Gasteiger charge is 2.46. The van der Waals surface area contributed by atoms with Gasteiger partial charge in [-0.25, -0.2) is 0 Å². The minimum atomic E-state index is -0.0833. The zero-order valence-electron chi connectivity index (χ0n) is 11.7. The number of fused-ring (bicyclic) bond motifs is 1. The number of nitrogens with zero attached hydrogens (tertiary/aromatic N) is 1. The molecule has 17 heavy (non-hydrogen) atoms. The molecule has 0 aliphatic heterocycles. The maximum absolute atomic E-state index is 9.34. The summed E-state index contributed by atoms with van der Waals surface area (Å²) in [5.74, 6) is 0.711. The number of allylic oxidation sites excluding steroid dienone is 2. The molecule has 0 aromatic rings. The first-order valence-corrected chi connectivity index (χ1v) is 6.93. The Bertz CT molecular complexity index is 373. The van der Waals surface area contributed by atoms with E-state index in [1.54, 1.807) is 0 Å². The van der Waals surface area contributed by atoms with Crippen molar-refractivity contribution in [1.29, 1.82) is 5.26 Å². The lowest BCUT2D eigenvalue weighted by molar-refractivity contribution is 0.103. The molecule has 1 heteroatoms. The minimum Gasteiger partial charge on any atom is -0.198 e. The largest absolute Gasteiger partial charge is 0.198 e. The van der Waals surface area contributed by atoms with Crippen molar-refractivity contribution < 1.29 is 0 Å². The van der Waals surface area contributed by atoms with E-state index in [9.17, 15) is 5.26 Å². The van der Waals surface area contributed by atoms with Gasteiger partial charge in [0, 0.05) is 0 Å². The summed E-state index contributed by atoms with van der Waals surface area (Å²) in [6.45, 7) is 9.26. The first-order chi connectivity index (χ1) is 7.81. The molecular weight excluding hydrogens is 206 g/mol. The van der Waals surface area contributed by atoms with E-state index in [0.29, 0.717) is 16.7 Å². The lowest BCUT2D eigenvalue weighted by atomic mass is 9.62. The lowest BCUT2D eigenvalue weighted by Crippen LogP contribution is -2.34. The maximum Gasteiger partial charge on any atom is 0.0686 e. The normalized spacial score (nSPS) is 44.5. The van der Waals surface area contributed by atoms with Gasteiger partial charge >= 0.3 is 0 Å². The second kappa shape index (κ2) is 3.87. The van der Waals surface area contributed by atoms with Crippen molar-refractivity contribution in [2.45, 2.75) is 59.8 Å². The quantitative estimate of drug-likeness (QED) is 0.554. The maximum atomic E-state index is 9.34. The standard InChI is InChI=1S/C16H25N/c1-14(2)10-11-16(4)8-5-7-15(3,12-17)9-6-13(14)16/h10-11,13H,5-9H2,1-4H3/t13?,15-,16-/m0/s1. The van der Waals surface area contributed by atoms with Gasteiger partial charge in [0.05, 0.1) is 11.5 Å². The van der Waals surface area contributed by atoms with Crippen LogP contribution in [0.25, 0.3) is 0 Å². The van der Waals surface area contributed by atoms with Gasteiger partial charge in [0.25, 0.3) is 0 Å². The van der Waals surface area contributed by atoms with Crippen LogP contribution in [0.1, 0.15) is 59.8 Å². The fourth-order valence-electron chi connectivity index (χ4n) is 4.01. The second-order valence-corrected chi connectivity index (χ2v) is 7.28. The van der Waals surface area contributed by atoms with Crippen LogP contribution in [0.5, 0.6) is 0 Å². The van der Waals surface area contributed by atoms with E-state index < -0.39 is 0 Å². The summed E-state index contributed by atoms with van der Waals surface area (Å²) in [5, 5.41) is 9.34. The van der Waals surface area contributed by atoms with Crippen LogP contribution in [-0.2, 0) is 0 Å². The molecule has 0 saturated heterocycles. The van der Waals surface area contributed by atoms with Crippen molar-refractivity contribution in [3.05, 3.63) is 12.2 Å². The Morgan fingerprint density at radius 2 is 1.76 bits per heavy atom. The molecule has 1 fully saturated rings.